The molecule has 0 amide bonds. The summed E-state index contributed by atoms with van der Waals surface area (Å²) in [5, 5.41) is 0. The first-order chi connectivity index (χ1) is 10.8. The SMILES string of the molecule is CCCCCCCCCCc1ccc2nc(CCN)oc2c1. The first kappa shape index (κ1) is 17.0. The maximum absolute atomic E-state index is 5.74. The molecule has 1 heterocycles. The van der Waals surface area contributed by atoms with E-state index in [4.69, 9.17) is 10.2 Å². The topological polar surface area (TPSA) is 52.0 Å². The van der Waals surface area contributed by atoms with Crippen molar-refractivity contribution in [1.82, 2.24) is 4.98 Å². The van der Waals surface area contributed by atoms with Crippen LogP contribution in [0.3, 0.4) is 0 Å². The molecule has 0 unspecified atom stereocenters. The van der Waals surface area contributed by atoms with E-state index < -0.39 is 0 Å². The summed E-state index contributed by atoms with van der Waals surface area (Å²) in [6, 6.07) is 6.39. The number of hydrogen-bond donors (Lipinski definition) is 1. The van der Waals surface area contributed by atoms with Gasteiger partial charge < -0.3 is 10.2 Å². The lowest BCUT2D eigenvalue weighted by molar-refractivity contribution is 0.530. The van der Waals surface area contributed by atoms with Crippen molar-refractivity contribution in [3.63, 3.8) is 0 Å². The molecular weight excluding hydrogens is 272 g/mol. The summed E-state index contributed by atoms with van der Waals surface area (Å²) in [7, 11) is 0. The predicted octanol–water partition coefficient (Wildman–Crippen LogP) is 5.01. The van der Waals surface area contributed by atoms with E-state index in [2.05, 4.69) is 30.1 Å². The van der Waals surface area contributed by atoms with Gasteiger partial charge >= 0.3 is 0 Å². The van der Waals surface area contributed by atoms with Crippen molar-refractivity contribution in [2.45, 2.75) is 71.1 Å². The highest BCUT2D eigenvalue weighted by Crippen LogP contribution is 2.19. The molecule has 22 heavy (non-hydrogen) atoms. The molecule has 0 aliphatic carbocycles. The Kier molecular flexibility index (Phi) is 7.44. The molecule has 3 heteroatoms. The molecule has 0 radical (unpaired) electrons. The number of aromatic nitrogens is 1. The van der Waals surface area contributed by atoms with Crippen molar-refractivity contribution < 1.29 is 4.42 Å². The summed E-state index contributed by atoms with van der Waals surface area (Å²) in [4.78, 5) is 4.44. The van der Waals surface area contributed by atoms with E-state index in [9.17, 15) is 0 Å². The van der Waals surface area contributed by atoms with Gasteiger partial charge in [0.15, 0.2) is 11.5 Å². The molecule has 1 aromatic carbocycles. The Hall–Kier alpha value is -1.35. The molecule has 0 spiro atoms. The summed E-state index contributed by atoms with van der Waals surface area (Å²) >= 11 is 0. The van der Waals surface area contributed by atoms with E-state index >= 15 is 0 Å². The van der Waals surface area contributed by atoms with Gasteiger partial charge in [0.1, 0.15) is 5.52 Å². The Labute approximate surface area is 134 Å². The van der Waals surface area contributed by atoms with Gasteiger partial charge in [0.05, 0.1) is 0 Å². The van der Waals surface area contributed by atoms with Gasteiger partial charge in [0, 0.05) is 13.0 Å². The van der Waals surface area contributed by atoms with E-state index in [1.165, 1.54) is 56.9 Å². The quantitative estimate of drug-likeness (QED) is 0.593. The highest BCUT2D eigenvalue weighted by atomic mass is 16.3. The van der Waals surface area contributed by atoms with Crippen molar-refractivity contribution in [3.05, 3.63) is 29.7 Å². The largest absolute Gasteiger partial charge is 0.441 e. The highest BCUT2D eigenvalue weighted by molar-refractivity contribution is 5.73. The Morgan fingerprint density at radius 2 is 1.68 bits per heavy atom. The lowest BCUT2D eigenvalue weighted by atomic mass is 10.0. The second kappa shape index (κ2) is 9.62. The fourth-order valence-electron chi connectivity index (χ4n) is 2.87. The maximum Gasteiger partial charge on any atom is 0.196 e. The van der Waals surface area contributed by atoms with Gasteiger partial charge in [-0.2, -0.15) is 0 Å². The number of rotatable bonds is 11. The summed E-state index contributed by atoms with van der Waals surface area (Å²) in [6.07, 6.45) is 12.7. The number of aryl methyl sites for hydroxylation is 1. The van der Waals surface area contributed by atoms with E-state index in [0.717, 1.165) is 23.4 Å². The number of fused-ring (bicyclic) bond motifs is 1. The predicted molar refractivity (Wildman–Crippen MR) is 93.1 cm³/mol. The smallest absolute Gasteiger partial charge is 0.196 e. The van der Waals surface area contributed by atoms with Crippen LogP contribution in [0.15, 0.2) is 22.6 Å². The molecule has 0 saturated heterocycles. The number of benzene rings is 1. The second-order valence-electron chi connectivity index (χ2n) is 6.17. The van der Waals surface area contributed by atoms with Crippen molar-refractivity contribution in [3.8, 4) is 0 Å². The van der Waals surface area contributed by atoms with Gasteiger partial charge in [0.25, 0.3) is 0 Å². The molecule has 2 aromatic rings. The van der Waals surface area contributed by atoms with Gasteiger partial charge in [-0.1, -0.05) is 57.9 Å². The van der Waals surface area contributed by atoms with Gasteiger partial charge in [-0.05, 0) is 30.5 Å². The molecular formula is C19H30N2O. The van der Waals surface area contributed by atoms with Gasteiger partial charge in [-0.15, -0.1) is 0 Å². The third-order valence-electron chi connectivity index (χ3n) is 4.17. The third-order valence-corrected chi connectivity index (χ3v) is 4.17. The summed E-state index contributed by atoms with van der Waals surface area (Å²) in [5.41, 5.74) is 8.75. The zero-order valence-corrected chi connectivity index (χ0v) is 13.9. The molecule has 0 atom stereocenters. The van der Waals surface area contributed by atoms with Crippen LogP contribution in [0.1, 0.15) is 69.7 Å². The molecule has 0 saturated carbocycles. The van der Waals surface area contributed by atoms with E-state index in [1.807, 2.05) is 0 Å². The summed E-state index contributed by atoms with van der Waals surface area (Å²) in [5.74, 6) is 0.752. The van der Waals surface area contributed by atoms with E-state index in [0.29, 0.717) is 13.0 Å². The zero-order valence-electron chi connectivity index (χ0n) is 13.9. The molecule has 2 N–H and O–H groups in total. The number of hydrogen-bond acceptors (Lipinski definition) is 3. The number of nitrogens with zero attached hydrogens (tertiary/aromatic N) is 1. The van der Waals surface area contributed by atoms with Crippen LogP contribution < -0.4 is 5.73 Å². The number of oxazole rings is 1. The van der Waals surface area contributed by atoms with Crippen LogP contribution in [-0.4, -0.2) is 11.5 Å². The average Bonchev–Trinajstić information content (AvgIpc) is 2.92. The second-order valence-corrected chi connectivity index (χ2v) is 6.17. The number of unbranched alkanes of at least 4 members (excludes halogenated alkanes) is 7. The van der Waals surface area contributed by atoms with E-state index in [-0.39, 0.29) is 0 Å². The van der Waals surface area contributed by atoms with Crippen molar-refractivity contribution in [1.29, 1.82) is 0 Å². The molecule has 3 nitrogen and oxygen atoms in total. The standard InChI is InChI=1S/C19H30N2O/c1-2-3-4-5-6-7-8-9-10-16-11-12-17-18(15-16)22-19(21-17)13-14-20/h11-12,15H,2-10,13-14,20H2,1H3. The minimum Gasteiger partial charge on any atom is -0.441 e. The van der Waals surface area contributed by atoms with Gasteiger partial charge in [-0.25, -0.2) is 4.98 Å². The van der Waals surface area contributed by atoms with Crippen LogP contribution >= 0.6 is 0 Å². The van der Waals surface area contributed by atoms with Crippen molar-refractivity contribution >= 4 is 11.1 Å². The van der Waals surface area contributed by atoms with Crippen LogP contribution in [0.2, 0.25) is 0 Å². The fourth-order valence-corrected chi connectivity index (χ4v) is 2.87. The van der Waals surface area contributed by atoms with Gasteiger partial charge in [0.2, 0.25) is 0 Å². The van der Waals surface area contributed by atoms with Crippen LogP contribution in [0.5, 0.6) is 0 Å². The minimum atomic E-state index is 0.581. The Bertz CT molecular complexity index is 547. The fraction of sp³-hybridized carbons (Fsp3) is 0.632. The van der Waals surface area contributed by atoms with Crippen molar-refractivity contribution in [2.75, 3.05) is 6.54 Å². The highest BCUT2D eigenvalue weighted by Gasteiger charge is 2.05. The molecule has 1 aromatic heterocycles. The van der Waals surface area contributed by atoms with Gasteiger partial charge in [-0.3, -0.25) is 0 Å². The molecule has 0 bridgehead atoms. The molecule has 0 aliphatic heterocycles. The third kappa shape index (κ3) is 5.45. The van der Waals surface area contributed by atoms with Crippen LogP contribution in [0, 0.1) is 0 Å². The Morgan fingerprint density at radius 3 is 2.41 bits per heavy atom. The first-order valence-electron chi connectivity index (χ1n) is 8.92. The minimum absolute atomic E-state index is 0.581. The number of nitrogens with two attached hydrogens (primary N) is 1. The van der Waals surface area contributed by atoms with E-state index in [1.54, 1.807) is 0 Å². The lowest BCUT2D eigenvalue weighted by Crippen LogP contribution is -2.02. The molecule has 2 rings (SSSR count). The normalized spacial score (nSPS) is 11.4. The summed E-state index contributed by atoms with van der Waals surface area (Å²) in [6.45, 7) is 2.85. The average molecular weight is 302 g/mol. The monoisotopic (exact) mass is 302 g/mol. The van der Waals surface area contributed by atoms with Crippen molar-refractivity contribution in [2.24, 2.45) is 5.73 Å². The maximum atomic E-state index is 5.74. The Morgan fingerprint density at radius 1 is 0.955 bits per heavy atom. The zero-order chi connectivity index (χ0) is 15.6. The van der Waals surface area contributed by atoms with Crippen LogP contribution in [-0.2, 0) is 12.8 Å². The lowest BCUT2D eigenvalue weighted by Gasteiger charge is -2.02. The molecule has 0 aliphatic rings. The molecule has 0 fully saturated rings. The first-order valence-corrected chi connectivity index (χ1v) is 8.92. The Balaban J connectivity index is 1.70. The van der Waals surface area contributed by atoms with Crippen LogP contribution in [0.25, 0.3) is 11.1 Å². The molecule has 122 valence electrons. The summed E-state index contributed by atoms with van der Waals surface area (Å²) < 4.78 is 5.74. The van der Waals surface area contributed by atoms with Crippen LogP contribution in [0.4, 0.5) is 0 Å².